The van der Waals surface area contributed by atoms with Crippen LogP contribution in [0, 0.1) is 5.82 Å². The number of aromatic hydroxyl groups is 1. The maximum atomic E-state index is 14.0. The summed E-state index contributed by atoms with van der Waals surface area (Å²) in [4.78, 5) is 13.8. The van der Waals surface area contributed by atoms with Gasteiger partial charge in [0.25, 0.3) is 0 Å². The summed E-state index contributed by atoms with van der Waals surface area (Å²) in [6.07, 6.45) is 0.0911. The molecular formula is C18H21FN2O2. The van der Waals surface area contributed by atoms with Crippen LogP contribution in [0.4, 0.5) is 4.39 Å². The lowest BCUT2D eigenvalue weighted by Gasteiger charge is -2.12. The molecule has 23 heavy (non-hydrogen) atoms. The Morgan fingerprint density at radius 2 is 1.91 bits per heavy atom. The molecule has 0 saturated heterocycles. The number of carbonyl (C=O) groups excluding carboxylic acids is 1. The third-order valence-electron chi connectivity index (χ3n) is 3.44. The monoisotopic (exact) mass is 316 g/mol. The van der Waals surface area contributed by atoms with Crippen molar-refractivity contribution in [3.63, 3.8) is 0 Å². The van der Waals surface area contributed by atoms with Gasteiger partial charge in [-0.05, 0) is 31.8 Å². The molecule has 5 heteroatoms. The molecule has 0 radical (unpaired) electrons. The van der Waals surface area contributed by atoms with Crippen LogP contribution in [0.15, 0.2) is 42.5 Å². The number of nitrogens with zero attached hydrogens (tertiary/aromatic N) is 1. The Labute approximate surface area is 135 Å². The highest BCUT2D eigenvalue weighted by Gasteiger charge is 2.08. The summed E-state index contributed by atoms with van der Waals surface area (Å²) in [5.41, 5.74) is 1.90. The van der Waals surface area contributed by atoms with Gasteiger partial charge in [0.05, 0.1) is 6.42 Å². The first-order valence-electron chi connectivity index (χ1n) is 7.41. The van der Waals surface area contributed by atoms with Crippen molar-refractivity contribution in [2.75, 3.05) is 14.1 Å². The molecule has 122 valence electrons. The molecule has 2 rings (SSSR count). The minimum atomic E-state index is -0.272. The molecule has 4 nitrogen and oxygen atoms in total. The van der Waals surface area contributed by atoms with Gasteiger partial charge >= 0.3 is 0 Å². The van der Waals surface area contributed by atoms with Crippen molar-refractivity contribution in [3.05, 3.63) is 65.0 Å². The number of phenolic OH excluding ortho intramolecular Hbond substituents is 1. The smallest absolute Gasteiger partial charge is 0.224 e. The Balaban J connectivity index is 1.92. The molecule has 0 aromatic heterocycles. The lowest BCUT2D eigenvalue weighted by Crippen LogP contribution is -2.24. The molecule has 2 aromatic carbocycles. The molecule has 2 N–H and O–H groups in total. The van der Waals surface area contributed by atoms with Crippen LogP contribution < -0.4 is 5.32 Å². The first kappa shape index (κ1) is 17.0. The standard InChI is InChI=1S/C18H21FN2O2/c1-21(2)12-15-8-7-13(9-16(15)19)11-20-18(23)10-14-5-3-4-6-17(14)22/h3-9,22H,10-12H2,1-2H3,(H,20,23). The van der Waals surface area contributed by atoms with Gasteiger partial charge in [-0.2, -0.15) is 0 Å². The van der Waals surface area contributed by atoms with Gasteiger partial charge in [0.2, 0.25) is 5.91 Å². The molecule has 2 aromatic rings. The van der Waals surface area contributed by atoms with Crippen molar-refractivity contribution in [2.24, 2.45) is 0 Å². The molecule has 0 aliphatic rings. The second-order valence-electron chi connectivity index (χ2n) is 5.75. The highest BCUT2D eigenvalue weighted by atomic mass is 19.1. The zero-order chi connectivity index (χ0) is 16.8. The maximum absolute atomic E-state index is 14.0. The summed E-state index contributed by atoms with van der Waals surface area (Å²) < 4.78 is 14.0. The second kappa shape index (κ2) is 7.74. The van der Waals surface area contributed by atoms with Gasteiger partial charge in [0.15, 0.2) is 0 Å². The molecule has 0 saturated carbocycles. The van der Waals surface area contributed by atoms with Gasteiger partial charge in [-0.25, -0.2) is 4.39 Å². The van der Waals surface area contributed by atoms with Gasteiger partial charge in [-0.3, -0.25) is 4.79 Å². The number of rotatable bonds is 6. The Morgan fingerprint density at radius 1 is 1.17 bits per heavy atom. The van der Waals surface area contributed by atoms with Crippen LogP contribution in [-0.2, 0) is 24.3 Å². The van der Waals surface area contributed by atoms with Crippen LogP contribution in [-0.4, -0.2) is 30.0 Å². The number of halogens is 1. The maximum Gasteiger partial charge on any atom is 0.224 e. The molecule has 0 bridgehead atoms. The van der Waals surface area contributed by atoms with E-state index in [0.717, 1.165) is 0 Å². The molecule has 0 fully saturated rings. The number of hydrogen-bond acceptors (Lipinski definition) is 3. The summed E-state index contributed by atoms with van der Waals surface area (Å²) in [7, 11) is 3.76. The lowest BCUT2D eigenvalue weighted by atomic mass is 10.1. The zero-order valence-electron chi connectivity index (χ0n) is 13.3. The second-order valence-corrected chi connectivity index (χ2v) is 5.75. The molecular weight excluding hydrogens is 295 g/mol. The summed E-state index contributed by atoms with van der Waals surface area (Å²) in [6, 6.07) is 11.7. The number of benzene rings is 2. The normalized spacial score (nSPS) is 10.8. The first-order chi connectivity index (χ1) is 11.0. The number of nitrogens with one attached hydrogen (secondary N) is 1. The molecule has 0 spiro atoms. The van der Waals surface area contributed by atoms with Gasteiger partial charge in [0.1, 0.15) is 11.6 Å². The van der Waals surface area contributed by atoms with E-state index in [4.69, 9.17) is 0 Å². The van der Waals surface area contributed by atoms with Crippen LogP contribution in [0.3, 0.4) is 0 Å². The fraction of sp³-hybridized carbons (Fsp3) is 0.278. The zero-order valence-corrected chi connectivity index (χ0v) is 13.3. The van der Waals surface area contributed by atoms with Crippen molar-refractivity contribution in [3.8, 4) is 5.75 Å². The highest BCUT2D eigenvalue weighted by molar-refractivity contribution is 5.79. The fourth-order valence-corrected chi connectivity index (χ4v) is 2.27. The van der Waals surface area contributed by atoms with Crippen molar-refractivity contribution in [1.29, 1.82) is 0 Å². The Kier molecular flexibility index (Phi) is 5.71. The molecule has 0 aliphatic carbocycles. The molecule has 0 unspecified atom stereocenters. The van der Waals surface area contributed by atoms with Crippen LogP contribution in [0.1, 0.15) is 16.7 Å². The van der Waals surface area contributed by atoms with Crippen LogP contribution in [0.2, 0.25) is 0 Å². The summed E-state index contributed by atoms with van der Waals surface area (Å²) in [6.45, 7) is 0.789. The summed E-state index contributed by atoms with van der Waals surface area (Å²) in [5.74, 6) is -0.392. The Morgan fingerprint density at radius 3 is 2.57 bits per heavy atom. The van der Waals surface area contributed by atoms with E-state index in [2.05, 4.69) is 5.32 Å². The van der Waals surface area contributed by atoms with Crippen LogP contribution >= 0.6 is 0 Å². The summed E-state index contributed by atoms with van der Waals surface area (Å²) >= 11 is 0. The quantitative estimate of drug-likeness (QED) is 0.861. The number of amides is 1. The van der Waals surface area contributed by atoms with Crippen molar-refractivity contribution >= 4 is 5.91 Å². The molecule has 1 amide bonds. The van der Waals surface area contributed by atoms with Gasteiger partial charge in [0, 0.05) is 24.2 Å². The number of phenols is 1. The SMILES string of the molecule is CN(C)Cc1ccc(CNC(=O)Cc2ccccc2O)cc1F. The van der Waals surface area contributed by atoms with E-state index >= 15 is 0 Å². The van der Waals surface area contributed by atoms with Crippen molar-refractivity contribution in [1.82, 2.24) is 10.2 Å². The Hall–Kier alpha value is -2.40. The predicted molar refractivity (Wildman–Crippen MR) is 87.4 cm³/mol. The topological polar surface area (TPSA) is 52.6 Å². The number of hydrogen-bond donors (Lipinski definition) is 2. The minimum absolute atomic E-state index is 0.0911. The molecule has 0 aliphatic heterocycles. The fourth-order valence-electron chi connectivity index (χ4n) is 2.27. The van der Waals surface area contributed by atoms with E-state index in [1.165, 1.54) is 6.07 Å². The minimum Gasteiger partial charge on any atom is -0.508 e. The Bertz CT molecular complexity index is 686. The van der Waals surface area contributed by atoms with E-state index < -0.39 is 0 Å². The van der Waals surface area contributed by atoms with Gasteiger partial charge < -0.3 is 15.3 Å². The van der Waals surface area contributed by atoms with E-state index in [0.29, 0.717) is 23.2 Å². The highest BCUT2D eigenvalue weighted by Crippen LogP contribution is 2.16. The average molecular weight is 316 g/mol. The van der Waals surface area contributed by atoms with E-state index in [1.807, 2.05) is 25.1 Å². The lowest BCUT2D eigenvalue weighted by molar-refractivity contribution is -0.120. The third-order valence-corrected chi connectivity index (χ3v) is 3.44. The van der Waals surface area contributed by atoms with Crippen LogP contribution in [0.25, 0.3) is 0 Å². The first-order valence-corrected chi connectivity index (χ1v) is 7.41. The van der Waals surface area contributed by atoms with E-state index in [9.17, 15) is 14.3 Å². The van der Waals surface area contributed by atoms with E-state index in [-0.39, 0.29) is 30.4 Å². The third kappa shape index (κ3) is 5.07. The van der Waals surface area contributed by atoms with E-state index in [1.54, 1.807) is 30.3 Å². The number of carbonyl (C=O) groups is 1. The van der Waals surface area contributed by atoms with Gasteiger partial charge in [-0.15, -0.1) is 0 Å². The summed E-state index contributed by atoms with van der Waals surface area (Å²) in [5, 5.41) is 12.4. The largest absolute Gasteiger partial charge is 0.508 e. The number of para-hydroxylation sites is 1. The molecule has 0 heterocycles. The molecule has 0 atom stereocenters. The predicted octanol–water partition coefficient (Wildman–Crippen LogP) is 2.45. The van der Waals surface area contributed by atoms with Crippen molar-refractivity contribution < 1.29 is 14.3 Å². The van der Waals surface area contributed by atoms with Gasteiger partial charge in [-0.1, -0.05) is 30.3 Å². The average Bonchev–Trinajstić information content (AvgIpc) is 2.49. The van der Waals surface area contributed by atoms with Crippen molar-refractivity contribution in [2.45, 2.75) is 19.5 Å². The van der Waals surface area contributed by atoms with Crippen LogP contribution in [0.5, 0.6) is 5.75 Å².